The van der Waals surface area contributed by atoms with Crippen LogP contribution in [0.15, 0.2) is 59.6 Å². The molecular weight excluding hydrogens is 392 g/mol. The molecule has 0 bridgehead atoms. The number of aromatic nitrogens is 1. The Morgan fingerprint density at radius 2 is 1.86 bits per heavy atom. The van der Waals surface area contributed by atoms with Crippen molar-refractivity contribution in [3.63, 3.8) is 0 Å². The lowest BCUT2D eigenvalue weighted by Crippen LogP contribution is -2.27. The molecule has 0 N–H and O–H groups in total. The van der Waals surface area contributed by atoms with Crippen LogP contribution in [0.2, 0.25) is 5.02 Å². The van der Waals surface area contributed by atoms with Crippen molar-refractivity contribution in [1.82, 2.24) is 9.47 Å². The van der Waals surface area contributed by atoms with E-state index >= 15 is 0 Å². The van der Waals surface area contributed by atoms with Crippen molar-refractivity contribution in [2.24, 2.45) is 0 Å². The number of terminal acetylenes is 1. The number of fused-ring (bicyclic) bond motifs is 1. The zero-order valence-corrected chi connectivity index (χ0v) is 16.3. The summed E-state index contributed by atoms with van der Waals surface area (Å²) in [5.74, 6) is 2.34. The molecule has 1 aliphatic heterocycles. The highest BCUT2D eigenvalue weighted by molar-refractivity contribution is 8.18. The lowest BCUT2D eigenvalue weighted by molar-refractivity contribution is -0.123. The van der Waals surface area contributed by atoms with Crippen LogP contribution in [0.1, 0.15) is 11.1 Å². The predicted molar refractivity (Wildman–Crippen MR) is 114 cm³/mol. The molecule has 6 heteroatoms. The summed E-state index contributed by atoms with van der Waals surface area (Å²) < 4.78 is 1.96. The average molecular weight is 407 g/mol. The molecule has 2 heterocycles. The van der Waals surface area contributed by atoms with E-state index in [1.807, 2.05) is 47.2 Å². The Kier molecular flexibility index (Phi) is 4.99. The molecule has 4 rings (SSSR count). The fourth-order valence-electron chi connectivity index (χ4n) is 3.17. The van der Waals surface area contributed by atoms with Gasteiger partial charge in [0.2, 0.25) is 0 Å². The smallest absolute Gasteiger partial charge is 0.293 e. The molecule has 2 aromatic carbocycles. The number of thioether (sulfide) groups is 1. The minimum Gasteiger partial charge on any atom is -0.335 e. The minimum absolute atomic E-state index is 0.220. The van der Waals surface area contributed by atoms with Crippen molar-refractivity contribution in [1.29, 1.82) is 0 Å². The average Bonchev–Trinajstić information content (AvgIpc) is 3.17. The minimum atomic E-state index is -0.293. The standard InChI is InChI=1S/C22H15ClN2O2S/c1-2-11-24-14-16(18-5-3-4-6-19(18)24)12-20-21(26)25(22(27)28-20)13-15-7-9-17(23)10-8-15/h1,3-10,12,14H,11,13H2/b20-12+. The molecule has 0 radical (unpaired) electrons. The van der Waals surface area contributed by atoms with Crippen LogP contribution in [0.3, 0.4) is 0 Å². The summed E-state index contributed by atoms with van der Waals surface area (Å²) in [5.41, 5.74) is 2.70. The van der Waals surface area contributed by atoms with Gasteiger partial charge in [-0.3, -0.25) is 14.5 Å². The Morgan fingerprint density at radius 3 is 2.61 bits per heavy atom. The van der Waals surface area contributed by atoms with Gasteiger partial charge in [0.05, 0.1) is 18.0 Å². The van der Waals surface area contributed by atoms with Crippen molar-refractivity contribution in [3.05, 3.63) is 75.8 Å². The Labute approximate surface area is 171 Å². The number of rotatable bonds is 4. The number of hydrogen-bond donors (Lipinski definition) is 0. The second-order valence-corrected chi connectivity index (χ2v) is 7.76. The summed E-state index contributed by atoms with van der Waals surface area (Å²) >= 11 is 6.85. The van der Waals surface area contributed by atoms with Gasteiger partial charge in [-0.25, -0.2) is 0 Å². The van der Waals surface area contributed by atoms with Crippen LogP contribution in [0.4, 0.5) is 4.79 Å². The lowest BCUT2D eigenvalue weighted by atomic mass is 10.1. The van der Waals surface area contributed by atoms with Gasteiger partial charge in [-0.05, 0) is 41.6 Å². The van der Waals surface area contributed by atoms with Crippen LogP contribution in [-0.4, -0.2) is 20.6 Å². The van der Waals surface area contributed by atoms with Crippen LogP contribution in [0.25, 0.3) is 17.0 Å². The second-order valence-electron chi connectivity index (χ2n) is 6.33. The highest BCUT2D eigenvalue weighted by atomic mass is 35.5. The molecule has 1 aromatic heterocycles. The Balaban J connectivity index is 1.65. The molecular formula is C22H15ClN2O2S. The van der Waals surface area contributed by atoms with Crippen molar-refractivity contribution >= 4 is 51.5 Å². The van der Waals surface area contributed by atoms with Crippen LogP contribution in [0.5, 0.6) is 0 Å². The maximum Gasteiger partial charge on any atom is 0.293 e. The maximum atomic E-state index is 12.8. The zero-order valence-electron chi connectivity index (χ0n) is 14.8. The molecule has 0 saturated carbocycles. The molecule has 2 amide bonds. The van der Waals surface area contributed by atoms with Gasteiger partial charge in [-0.2, -0.15) is 0 Å². The summed E-state index contributed by atoms with van der Waals surface area (Å²) in [6.07, 6.45) is 9.14. The number of hydrogen-bond acceptors (Lipinski definition) is 3. The van der Waals surface area contributed by atoms with Gasteiger partial charge in [-0.1, -0.05) is 47.9 Å². The monoisotopic (exact) mass is 406 g/mol. The van der Waals surface area contributed by atoms with E-state index < -0.39 is 0 Å². The fourth-order valence-corrected chi connectivity index (χ4v) is 4.12. The molecule has 28 heavy (non-hydrogen) atoms. The Morgan fingerprint density at radius 1 is 1.11 bits per heavy atom. The van der Waals surface area contributed by atoms with E-state index in [1.54, 1.807) is 18.2 Å². The number of benzene rings is 2. The van der Waals surface area contributed by atoms with Crippen molar-refractivity contribution in [2.45, 2.75) is 13.1 Å². The molecule has 3 aromatic rings. The number of halogens is 1. The van der Waals surface area contributed by atoms with Crippen LogP contribution in [0, 0.1) is 12.3 Å². The molecule has 0 unspecified atom stereocenters. The molecule has 138 valence electrons. The summed E-state index contributed by atoms with van der Waals surface area (Å²) in [5, 5.41) is 1.32. The first kappa shape index (κ1) is 18.4. The first-order chi connectivity index (χ1) is 13.6. The molecule has 1 fully saturated rings. The Hall–Kier alpha value is -2.94. The largest absolute Gasteiger partial charge is 0.335 e. The zero-order chi connectivity index (χ0) is 19.7. The van der Waals surface area contributed by atoms with Crippen molar-refractivity contribution in [3.8, 4) is 12.3 Å². The van der Waals surface area contributed by atoms with E-state index in [0.717, 1.165) is 33.8 Å². The normalized spacial score (nSPS) is 15.6. The highest BCUT2D eigenvalue weighted by Gasteiger charge is 2.35. The summed E-state index contributed by atoms with van der Waals surface area (Å²) in [7, 11) is 0. The van der Waals surface area contributed by atoms with Gasteiger partial charge < -0.3 is 4.57 Å². The summed E-state index contributed by atoms with van der Waals surface area (Å²) in [4.78, 5) is 26.9. The highest BCUT2D eigenvalue weighted by Crippen LogP contribution is 2.35. The third-order valence-corrected chi connectivity index (χ3v) is 5.65. The van der Waals surface area contributed by atoms with Gasteiger partial charge in [0.25, 0.3) is 11.1 Å². The number of carbonyl (C=O) groups excluding carboxylic acids is 2. The number of imide groups is 1. The quantitative estimate of drug-likeness (QED) is 0.443. The number of amides is 2. The molecule has 0 atom stereocenters. The number of carbonyl (C=O) groups is 2. The van der Waals surface area contributed by atoms with E-state index in [0.29, 0.717) is 16.5 Å². The number of nitrogens with zero attached hydrogens (tertiary/aromatic N) is 2. The first-order valence-corrected chi connectivity index (χ1v) is 9.77. The molecule has 1 aliphatic rings. The summed E-state index contributed by atoms with van der Waals surface area (Å²) in [6, 6.07) is 14.9. The molecule has 1 saturated heterocycles. The van der Waals surface area contributed by atoms with E-state index in [2.05, 4.69) is 5.92 Å². The van der Waals surface area contributed by atoms with E-state index in [1.165, 1.54) is 4.90 Å². The van der Waals surface area contributed by atoms with Gasteiger partial charge in [0.15, 0.2) is 0 Å². The predicted octanol–water partition coefficient (Wildman–Crippen LogP) is 5.16. The summed E-state index contributed by atoms with van der Waals surface area (Å²) in [6.45, 7) is 0.657. The topological polar surface area (TPSA) is 42.3 Å². The SMILES string of the molecule is C#CCn1cc(/C=C2/SC(=O)N(Cc3ccc(Cl)cc3)C2=O)c2ccccc21. The van der Waals surface area contributed by atoms with Gasteiger partial charge >= 0.3 is 0 Å². The van der Waals surface area contributed by atoms with Crippen molar-refractivity contribution < 1.29 is 9.59 Å². The molecule has 0 aliphatic carbocycles. The third kappa shape index (κ3) is 3.45. The van der Waals surface area contributed by atoms with E-state index in [9.17, 15) is 9.59 Å². The lowest BCUT2D eigenvalue weighted by Gasteiger charge is -2.12. The third-order valence-electron chi connectivity index (χ3n) is 4.50. The molecule has 4 nitrogen and oxygen atoms in total. The van der Waals surface area contributed by atoms with E-state index in [-0.39, 0.29) is 17.7 Å². The second kappa shape index (κ2) is 7.59. The van der Waals surface area contributed by atoms with Gasteiger partial charge in [-0.15, -0.1) is 6.42 Å². The fraction of sp³-hybridized carbons (Fsp3) is 0.0909. The van der Waals surface area contributed by atoms with Crippen LogP contribution < -0.4 is 0 Å². The van der Waals surface area contributed by atoms with Crippen LogP contribution >= 0.6 is 23.4 Å². The van der Waals surface area contributed by atoms with Gasteiger partial charge in [0.1, 0.15) is 0 Å². The Bertz CT molecular complexity index is 1160. The number of para-hydroxylation sites is 1. The maximum absolute atomic E-state index is 12.8. The first-order valence-electron chi connectivity index (χ1n) is 8.58. The molecule has 0 spiro atoms. The van der Waals surface area contributed by atoms with E-state index in [4.69, 9.17) is 18.0 Å². The van der Waals surface area contributed by atoms with Gasteiger partial charge in [0, 0.05) is 27.7 Å². The van der Waals surface area contributed by atoms with Crippen LogP contribution in [-0.2, 0) is 17.9 Å². The van der Waals surface area contributed by atoms with Crippen molar-refractivity contribution in [2.75, 3.05) is 0 Å².